The number of methoxy groups -OCH3 is 1. The molecule has 0 fully saturated rings. The van der Waals surface area contributed by atoms with Crippen molar-refractivity contribution in [1.29, 1.82) is 0 Å². The average Bonchev–Trinajstić information content (AvgIpc) is 3.28. The van der Waals surface area contributed by atoms with Crippen molar-refractivity contribution in [3.8, 4) is 17.2 Å². The monoisotopic (exact) mass is 450 g/mol. The maximum atomic E-state index is 14.1. The molecule has 8 heteroatoms. The maximum absolute atomic E-state index is 14.1. The van der Waals surface area contributed by atoms with Crippen LogP contribution in [0.1, 0.15) is 11.1 Å². The van der Waals surface area contributed by atoms with Gasteiger partial charge in [0.25, 0.3) is 5.56 Å². The zero-order valence-electron chi connectivity index (χ0n) is 17.2. The summed E-state index contributed by atoms with van der Waals surface area (Å²) in [6.07, 6.45) is 0. The van der Waals surface area contributed by atoms with Gasteiger partial charge >= 0.3 is 0 Å². The normalized spacial score (nSPS) is 12.3. The van der Waals surface area contributed by atoms with Crippen LogP contribution >= 0.6 is 11.8 Å². The topological polar surface area (TPSA) is 62.6 Å². The maximum Gasteiger partial charge on any atom is 0.262 e. The lowest BCUT2D eigenvalue weighted by Crippen LogP contribution is -2.24. The van der Waals surface area contributed by atoms with E-state index in [1.54, 1.807) is 22.8 Å². The van der Waals surface area contributed by atoms with E-state index in [4.69, 9.17) is 19.2 Å². The fraction of sp³-hybridized carbons (Fsp3) is 0.167. The molecule has 0 N–H and O–H groups in total. The van der Waals surface area contributed by atoms with Crippen LogP contribution in [0.15, 0.2) is 70.6 Å². The van der Waals surface area contributed by atoms with E-state index in [0.29, 0.717) is 39.9 Å². The first kappa shape index (κ1) is 20.4. The Morgan fingerprint density at radius 2 is 1.88 bits per heavy atom. The Hall–Kier alpha value is -3.52. The number of rotatable bonds is 6. The summed E-state index contributed by atoms with van der Waals surface area (Å²) in [5.74, 6) is 1.57. The molecule has 1 aliphatic heterocycles. The van der Waals surface area contributed by atoms with Gasteiger partial charge < -0.3 is 14.2 Å². The minimum absolute atomic E-state index is 0.128. The molecule has 0 radical (unpaired) electrons. The van der Waals surface area contributed by atoms with Crippen molar-refractivity contribution in [2.75, 3.05) is 13.9 Å². The highest BCUT2D eigenvalue weighted by Crippen LogP contribution is 2.33. The minimum Gasteiger partial charge on any atom is -0.494 e. The van der Waals surface area contributed by atoms with Crippen LogP contribution in [0.4, 0.5) is 4.39 Å². The standard InChI is InChI=1S/C24H19FN2O4S/c1-29-20-8-7-16(10-18(20)25)13-32-24-26-19-5-3-2-4-17(19)23(28)27(24)12-15-6-9-21-22(11-15)31-14-30-21/h2-11H,12-14H2,1H3. The highest BCUT2D eigenvalue weighted by atomic mass is 32.2. The van der Waals surface area contributed by atoms with Gasteiger partial charge in [0.05, 0.1) is 24.6 Å². The van der Waals surface area contributed by atoms with Gasteiger partial charge in [-0.05, 0) is 47.5 Å². The van der Waals surface area contributed by atoms with Crippen molar-refractivity contribution in [2.45, 2.75) is 17.5 Å². The number of nitrogens with zero attached hydrogens (tertiary/aromatic N) is 2. The summed E-state index contributed by atoms with van der Waals surface area (Å²) < 4.78 is 31.6. The third-order valence-electron chi connectivity index (χ3n) is 5.19. The van der Waals surface area contributed by atoms with Crippen LogP contribution in [0.3, 0.4) is 0 Å². The number of halogens is 1. The molecule has 5 rings (SSSR count). The van der Waals surface area contributed by atoms with Gasteiger partial charge in [0.15, 0.2) is 28.2 Å². The zero-order chi connectivity index (χ0) is 22.1. The highest BCUT2D eigenvalue weighted by Gasteiger charge is 2.16. The van der Waals surface area contributed by atoms with Gasteiger partial charge in [-0.2, -0.15) is 0 Å². The number of benzene rings is 3. The van der Waals surface area contributed by atoms with E-state index < -0.39 is 5.82 Å². The average molecular weight is 450 g/mol. The van der Waals surface area contributed by atoms with Gasteiger partial charge in [-0.25, -0.2) is 9.37 Å². The Labute approximate surface area is 187 Å². The Morgan fingerprint density at radius 1 is 1.06 bits per heavy atom. The quantitative estimate of drug-likeness (QED) is 0.316. The molecular weight excluding hydrogens is 431 g/mol. The van der Waals surface area contributed by atoms with Gasteiger partial charge in [0, 0.05) is 5.75 Å². The van der Waals surface area contributed by atoms with E-state index in [0.717, 1.165) is 11.1 Å². The van der Waals surface area contributed by atoms with Crippen molar-refractivity contribution < 1.29 is 18.6 Å². The van der Waals surface area contributed by atoms with Crippen molar-refractivity contribution in [1.82, 2.24) is 9.55 Å². The predicted octanol–water partition coefficient (Wildman–Crippen LogP) is 4.61. The lowest BCUT2D eigenvalue weighted by atomic mass is 10.2. The summed E-state index contributed by atoms with van der Waals surface area (Å²) in [5, 5.41) is 1.11. The SMILES string of the molecule is COc1ccc(CSc2nc3ccccc3c(=O)n2Cc2ccc3c(c2)OCO3)cc1F. The van der Waals surface area contributed by atoms with Crippen molar-refractivity contribution in [3.05, 3.63) is 88.0 Å². The van der Waals surface area contributed by atoms with Crippen LogP contribution in [0.25, 0.3) is 10.9 Å². The van der Waals surface area contributed by atoms with E-state index in [-0.39, 0.29) is 18.1 Å². The molecule has 1 aromatic heterocycles. The Balaban J connectivity index is 1.50. The van der Waals surface area contributed by atoms with Crippen LogP contribution in [-0.2, 0) is 12.3 Å². The van der Waals surface area contributed by atoms with Crippen LogP contribution in [0.5, 0.6) is 17.2 Å². The molecule has 0 saturated heterocycles. The van der Waals surface area contributed by atoms with E-state index in [9.17, 15) is 9.18 Å². The second-order valence-corrected chi connectivity index (χ2v) is 8.19. The van der Waals surface area contributed by atoms with Crippen molar-refractivity contribution in [3.63, 3.8) is 0 Å². The minimum atomic E-state index is -0.421. The van der Waals surface area contributed by atoms with E-state index in [2.05, 4.69) is 0 Å². The molecule has 0 unspecified atom stereocenters. The lowest BCUT2D eigenvalue weighted by Gasteiger charge is -2.14. The van der Waals surface area contributed by atoms with E-state index in [1.165, 1.54) is 24.9 Å². The molecular formula is C24H19FN2O4S. The van der Waals surface area contributed by atoms with E-state index >= 15 is 0 Å². The summed E-state index contributed by atoms with van der Waals surface area (Å²) in [4.78, 5) is 18.0. The van der Waals surface area contributed by atoms with Crippen LogP contribution in [-0.4, -0.2) is 23.5 Å². The van der Waals surface area contributed by atoms with Gasteiger partial charge in [0.2, 0.25) is 6.79 Å². The van der Waals surface area contributed by atoms with Gasteiger partial charge in [0.1, 0.15) is 0 Å². The molecule has 0 atom stereocenters. The Kier molecular flexibility index (Phi) is 5.45. The van der Waals surface area contributed by atoms with E-state index in [1.807, 2.05) is 36.4 Å². The number of thioether (sulfide) groups is 1. The van der Waals surface area contributed by atoms with Gasteiger partial charge in [-0.1, -0.05) is 36.0 Å². The predicted molar refractivity (Wildman–Crippen MR) is 120 cm³/mol. The molecule has 32 heavy (non-hydrogen) atoms. The molecule has 0 bridgehead atoms. The summed E-state index contributed by atoms with van der Waals surface area (Å²) >= 11 is 1.38. The second-order valence-electron chi connectivity index (χ2n) is 7.25. The number of hydrogen-bond donors (Lipinski definition) is 0. The fourth-order valence-corrected chi connectivity index (χ4v) is 4.51. The lowest BCUT2D eigenvalue weighted by molar-refractivity contribution is 0.174. The van der Waals surface area contributed by atoms with Crippen LogP contribution in [0.2, 0.25) is 0 Å². The third-order valence-corrected chi connectivity index (χ3v) is 6.24. The fourth-order valence-electron chi connectivity index (χ4n) is 3.57. The van der Waals surface area contributed by atoms with Crippen molar-refractivity contribution >= 4 is 22.7 Å². The number of aromatic nitrogens is 2. The van der Waals surface area contributed by atoms with Crippen LogP contribution < -0.4 is 19.8 Å². The molecule has 2 heterocycles. The number of fused-ring (bicyclic) bond motifs is 2. The van der Waals surface area contributed by atoms with Crippen molar-refractivity contribution in [2.24, 2.45) is 0 Å². The molecule has 4 aromatic rings. The molecule has 6 nitrogen and oxygen atoms in total. The summed E-state index contributed by atoms with van der Waals surface area (Å²) in [5.41, 5.74) is 2.16. The first-order valence-corrected chi connectivity index (χ1v) is 10.9. The summed E-state index contributed by atoms with van der Waals surface area (Å²) in [6, 6.07) is 17.7. The molecule has 3 aromatic carbocycles. The second kappa shape index (κ2) is 8.55. The highest BCUT2D eigenvalue weighted by molar-refractivity contribution is 7.98. The smallest absolute Gasteiger partial charge is 0.262 e. The first-order valence-electron chi connectivity index (χ1n) is 9.96. The molecule has 0 spiro atoms. The molecule has 0 amide bonds. The summed E-state index contributed by atoms with van der Waals surface area (Å²) in [6.45, 7) is 0.516. The largest absolute Gasteiger partial charge is 0.494 e. The molecule has 0 saturated carbocycles. The number of hydrogen-bond acceptors (Lipinski definition) is 6. The molecule has 0 aliphatic carbocycles. The molecule has 1 aliphatic rings. The summed E-state index contributed by atoms with van der Waals surface area (Å²) in [7, 11) is 1.43. The van der Waals surface area contributed by atoms with Gasteiger partial charge in [-0.15, -0.1) is 0 Å². The van der Waals surface area contributed by atoms with Gasteiger partial charge in [-0.3, -0.25) is 9.36 Å². The Bertz CT molecular complexity index is 1370. The zero-order valence-corrected chi connectivity index (χ0v) is 18.0. The first-order chi connectivity index (χ1) is 15.6. The number of ether oxygens (including phenoxy) is 3. The Morgan fingerprint density at radius 3 is 2.72 bits per heavy atom. The third kappa shape index (κ3) is 3.89. The molecule has 162 valence electrons. The van der Waals surface area contributed by atoms with Crippen LogP contribution in [0, 0.1) is 5.82 Å². The number of para-hydroxylation sites is 1.